The molecule has 1 aliphatic rings. The van der Waals surface area contributed by atoms with Crippen molar-refractivity contribution in [3.8, 4) is 0 Å². The Bertz CT molecular complexity index is 184. The zero-order valence-electron chi connectivity index (χ0n) is 10.7. The van der Waals surface area contributed by atoms with E-state index in [0.29, 0.717) is 12.6 Å². The van der Waals surface area contributed by atoms with E-state index in [9.17, 15) is 10.2 Å². The first-order valence-electron chi connectivity index (χ1n) is 6.58. The van der Waals surface area contributed by atoms with Crippen LogP contribution in [0.5, 0.6) is 0 Å². The molecule has 0 unspecified atom stereocenters. The van der Waals surface area contributed by atoms with Gasteiger partial charge in [-0.25, -0.2) is 0 Å². The molecule has 0 aromatic carbocycles. The van der Waals surface area contributed by atoms with E-state index in [0.717, 1.165) is 5.92 Å². The summed E-state index contributed by atoms with van der Waals surface area (Å²) in [7, 11) is 0. The molecule has 0 radical (unpaired) electrons. The molecule has 0 heterocycles. The predicted molar refractivity (Wildman–Crippen MR) is 66.3 cm³/mol. The first-order chi connectivity index (χ1) is 7.63. The van der Waals surface area contributed by atoms with Crippen molar-refractivity contribution in [3.05, 3.63) is 0 Å². The van der Waals surface area contributed by atoms with Crippen LogP contribution in [0.25, 0.3) is 0 Å². The van der Waals surface area contributed by atoms with Crippen LogP contribution in [-0.2, 0) is 0 Å². The van der Waals surface area contributed by atoms with Gasteiger partial charge < -0.3 is 15.5 Å². The SMILES string of the molecule is CCC1CCC(NCC(C)(CO)CO)CC1. The third kappa shape index (κ3) is 4.04. The average Bonchev–Trinajstić information content (AvgIpc) is 2.36. The van der Waals surface area contributed by atoms with E-state index in [1.165, 1.54) is 32.1 Å². The van der Waals surface area contributed by atoms with E-state index >= 15 is 0 Å². The molecule has 0 aromatic rings. The Morgan fingerprint density at radius 1 is 1.12 bits per heavy atom. The molecule has 3 nitrogen and oxygen atoms in total. The summed E-state index contributed by atoms with van der Waals surface area (Å²) in [5.74, 6) is 0.917. The van der Waals surface area contributed by atoms with E-state index in [-0.39, 0.29) is 18.6 Å². The van der Waals surface area contributed by atoms with Crippen molar-refractivity contribution in [1.82, 2.24) is 5.32 Å². The molecule has 3 N–H and O–H groups in total. The highest BCUT2D eigenvalue weighted by atomic mass is 16.3. The van der Waals surface area contributed by atoms with Crippen molar-refractivity contribution in [2.24, 2.45) is 11.3 Å². The molecule has 1 fully saturated rings. The highest BCUT2D eigenvalue weighted by molar-refractivity contribution is 4.81. The highest BCUT2D eigenvalue weighted by Gasteiger charge is 2.25. The first-order valence-corrected chi connectivity index (χ1v) is 6.58. The summed E-state index contributed by atoms with van der Waals surface area (Å²) in [4.78, 5) is 0. The molecule has 96 valence electrons. The lowest BCUT2D eigenvalue weighted by Gasteiger charge is -2.32. The summed E-state index contributed by atoms with van der Waals surface area (Å²) in [6.45, 7) is 4.98. The molecule has 16 heavy (non-hydrogen) atoms. The van der Waals surface area contributed by atoms with E-state index in [2.05, 4.69) is 12.2 Å². The molecule has 0 amide bonds. The Morgan fingerprint density at radius 3 is 2.12 bits per heavy atom. The standard InChI is InChI=1S/C13H27NO2/c1-3-11-4-6-12(7-5-11)14-8-13(2,9-15)10-16/h11-12,14-16H,3-10H2,1-2H3. The minimum Gasteiger partial charge on any atom is -0.396 e. The largest absolute Gasteiger partial charge is 0.396 e. The monoisotopic (exact) mass is 229 g/mol. The number of hydrogen-bond donors (Lipinski definition) is 3. The summed E-state index contributed by atoms with van der Waals surface area (Å²) in [6.07, 6.45) is 6.43. The lowest BCUT2D eigenvalue weighted by atomic mass is 9.84. The molecular weight excluding hydrogens is 202 g/mol. The molecule has 1 rings (SSSR count). The predicted octanol–water partition coefficient (Wildman–Crippen LogP) is 1.54. The van der Waals surface area contributed by atoms with Crippen LogP contribution >= 0.6 is 0 Å². The summed E-state index contributed by atoms with van der Waals surface area (Å²) in [5.41, 5.74) is -0.373. The molecule has 0 atom stereocenters. The smallest absolute Gasteiger partial charge is 0.0518 e. The Kier molecular flexibility index (Phi) is 5.73. The molecule has 0 bridgehead atoms. The van der Waals surface area contributed by atoms with Crippen LogP contribution in [-0.4, -0.2) is 36.0 Å². The second kappa shape index (κ2) is 6.58. The fourth-order valence-corrected chi connectivity index (χ4v) is 2.33. The Labute approximate surface area is 99.3 Å². The number of hydrogen-bond acceptors (Lipinski definition) is 3. The fraction of sp³-hybridized carbons (Fsp3) is 1.00. The third-order valence-electron chi connectivity index (χ3n) is 4.01. The Morgan fingerprint density at radius 2 is 1.69 bits per heavy atom. The summed E-state index contributed by atoms with van der Waals surface area (Å²) >= 11 is 0. The Balaban J connectivity index is 2.24. The Hall–Kier alpha value is -0.120. The maximum absolute atomic E-state index is 9.19. The highest BCUT2D eigenvalue weighted by Crippen LogP contribution is 2.27. The maximum atomic E-state index is 9.19. The van der Waals surface area contributed by atoms with Gasteiger partial charge in [-0.15, -0.1) is 0 Å². The van der Waals surface area contributed by atoms with Gasteiger partial charge in [0.2, 0.25) is 0 Å². The van der Waals surface area contributed by atoms with Crippen molar-refractivity contribution in [2.75, 3.05) is 19.8 Å². The average molecular weight is 229 g/mol. The molecule has 1 aliphatic carbocycles. The maximum Gasteiger partial charge on any atom is 0.0518 e. The van der Waals surface area contributed by atoms with Gasteiger partial charge in [0.05, 0.1) is 13.2 Å². The molecule has 0 aromatic heterocycles. The summed E-state index contributed by atoms with van der Waals surface area (Å²) in [6, 6.07) is 0.584. The van der Waals surface area contributed by atoms with Crippen LogP contribution in [0.3, 0.4) is 0 Å². The van der Waals surface area contributed by atoms with Crippen LogP contribution in [0.4, 0.5) is 0 Å². The van der Waals surface area contributed by atoms with Crippen molar-refractivity contribution >= 4 is 0 Å². The van der Waals surface area contributed by atoms with Gasteiger partial charge in [-0.2, -0.15) is 0 Å². The van der Waals surface area contributed by atoms with Crippen LogP contribution in [0.15, 0.2) is 0 Å². The van der Waals surface area contributed by atoms with Crippen molar-refractivity contribution in [1.29, 1.82) is 0 Å². The summed E-state index contributed by atoms with van der Waals surface area (Å²) in [5, 5.41) is 21.9. The molecule has 0 saturated heterocycles. The quantitative estimate of drug-likeness (QED) is 0.647. The van der Waals surface area contributed by atoms with Crippen molar-refractivity contribution in [2.45, 2.75) is 52.0 Å². The van der Waals surface area contributed by atoms with E-state index in [4.69, 9.17) is 0 Å². The van der Waals surface area contributed by atoms with Crippen molar-refractivity contribution < 1.29 is 10.2 Å². The first kappa shape index (κ1) is 13.9. The number of rotatable bonds is 6. The van der Waals surface area contributed by atoms with Gasteiger partial charge in [0.25, 0.3) is 0 Å². The zero-order valence-corrected chi connectivity index (χ0v) is 10.7. The van der Waals surface area contributed by atoms with Crippen molar-refractivity contribution in [3.63, 3.8) is 0 Å². The number of nitrogens with one attached hydrogen (secondary N) is 1. The topological polar surface area (TPSA) is 52.5 Å². The van der Waals surface area contributed by atoms with Gasteiger partial charge in [0.1, 0.15) is 0 Å². The van der Waals surface area contributed by atoms with Crippen LogP contribution in [0.1, 0.15) is 46.0 Å². The minimum atomic E-state index is -0.373. The lowest BCUT2D eigenvalue weighted by molar-refractivity contribution is 0.0652. The van der Waals surface area contributed by atoms with E-state index in [1.54, 1.807) is 0 Å². The number of aliphatic hydroxyl groups is 2. The zero-order chi connectivity index (χ0) is 12.0. The molecule has 0 spiro atoms. The van der Waals surface area contributed by atoms with Gasteiger partial charge in [0, 0.05) is 18.0 Å². The molecule has 3 heteroatoms. The lowest BCUT2D eigenvalue weighted by Crippen LogP contribution is -2.43. The molecule has 0 aliphatic heterocycles. The van der Waals surface area contributed by atoms with Gasteiger partial charge in [-0.3, -0.25) is 0 Å². The number of aliphatic hydroxyl groups excluding tert-OH is 2. The molecular formula is C13H27NO2. The second-order valence-corrected chi connectivity index (χ2v) is 5.63. The van der Waals surface area contributed by atoms with Gasteiger partial charge in [-0.05, 0) is 31.6 Å². The third-order valence-corrected chi connectivity index (χ3v) is 4.01. The summed E-state index contributed by atoms with van der Waals surface area (Å²) < 4.78 is 0. The van der Waals surface area contributed by atoms with Gasteiger partial charge in [0.15, 0.2) is 0 Å². The van der Waals surface area contributed by atoms with Crippen LogP contribution < -0.4 is 5.32 Å². The van der Waals surface area contributed by atoms with Gasteiger partial charge >= 0.3 is 0 Å². The van der Waals surface area contributed by atoms with Crippen LogP contribution in [0.2, 0.25) is 0 Å². The fourth-order valence-electron chi connectivity index (χ4n) is 2.33. The van der Waals surface area contributed by atoms with Crippen LogP contribution in [0, 0.1) is 11.3 Å². The second-order valence-electron chi connectivity index (χ2n) is 5.63. The van der Waals surface area contributed by atoms with Gasteiger partial charge in [-0.1, -0.05) is 20.3 Å². The normalized spacial score (nSPS) is 27.0. The minimum absolute atomic E-state index is 0.0425. The molecule has 1 saturated carbocycles. The van der Waals surface area contributed by atoms with E-state index in [1.807, 2.05) is 6.92 Å². The van der Waals surface area contributed by atoms with E-state index < -0.39 is 0 Å².